The van der Waals surface area contributed by atoms with Crippen molar-refractivity contribution in [2.75, 3.05) is 6.61 Å². The predicted octanol–water partition coefficient (Wildman–Crippen LogP) is 9.20. The first-order chi connectivity index (χ1) is 23.8. The number of allylic oxidation sites excluding steroid dienone is 2. The molecular formula is C41H57ClN4O4S. The highest BCUT2D eigenvalue weighted by molar-refractivity contribution is 7.14. The third-order valence-electron chi connectivity index (χ3n) is 15.3. The van der Waals surface area contributed by atoms with Gasteiger partial charge in [0.05, 0.1) is 16.9 Å². The van der Waals surface area contributed by atoms with Crippen LogP contribution in [0.4, 0.5) is 0 Å². The minimum Gasteiger partial charge on any atom is -0.462 e. The van der Waals surface area contributed by atoms with Crippen LogP contribution in [-0.4, -0.2) is 49.7 Å². The molecule has 278 valence electrons. The van der Waals surface area contributed by atoms with E-state index < -0.39 is 10.8 Å². The van der Waals surface area contributed by atoms with Crippen LogP contribution in [0.5, 0.6) is 0 Å². The lowest BCUT2D eigenvalue weighted by Gasteiger charge is -2.72. The summed E-state index contributed by atoms with van der Waals surface area (Å²) in [5.41, 5.74) is 1.60. The number of hydrogen-bond acceptors (Lipinski definition) is 9. The number of aliphatic hydroxyl groups excluding tert-OH is 1. The van der Waals surface area contributed by atoms with Crippen molar-refractivity contribution in [2.24, 2.45) is 50.7 Å². The Morgan fingerprint density at radius 1 is 0.980 bits per heavy atom. The second-order valence-electron chi connectivity index (χ2n) is 19.3. The number of ether oxygens (including phenoxy) is 1. The first kappa shape index (κ1) is 37.1. The molecule has 8 nitrogen and oxygen atoms in total. The van der Waals surface area contributed by atoms with E-state index in [1.807, 2.05) is 13.8 Å². The van der Waals surface area contributed by atoms with Gasteiger partial charge >= 0.3 is 5.97 Å². The lowest BCUT2D eigenvalue weighted by atomic mass is 9.33. The Morgan fingerprint density at radius 2 is 1.69 bits per heavy atom. The number of nitrogens with zero attached hydrogens (tertiary/aromatic N) is 4. The van der Waals surface area contributed by atoms with E-state index in [-0.39, 0.29) is 58.5 Å². The number of carbonyl (C=O) groups is 2. The smallest absolute Gasteiger partial charge is 0.306 e. The number of aliphatic hydroxyl groups is 1. The molecule has 2 aromatic rings. The van der Waals surface area contributed by atoms with Gasteiger partial charge in [-0.2, -0.15) is 0 Å². The van der Waals surface area contributed by atoms with E-state index in [9.17, 15) is 14.7 Å². The molecule has 0 aliphatic heterocycles. The van der Waals surface area contributed by atoms with Gasteiger partial charge in [-0.3, -0.25) is 9.59 Å². The van der Waals surface area contributed by atoms with Gasteiger partial charge < -0.3 is 9.84 Å². The maximum Gasteiger partial charge on any atom is 0.306 e. The summed E-state index contributed by atoms with van der Waals surface area (Å²) >= 11 is 7.62. The summed E-state index contributed by atoms with van der Waals surface area (Å²) in [6.07, 6.45) is 12.1. The molecule has 4 saturated carbocycles. The van der Waals surface area contributed by atoms with Crippen LogP contribution in [0, 0.1) is 50.7 Å². The third kappa shape index (κ3) is 5.51. The van der Waals surface area contributed by atoms with Crippen molar-refractivity contribution in [1.82, 2.24) is 20.2 Å². The van der Waals surface area contributed by atoms with E-state index in [4.69, 9.17) is 21.4 Å². The van der Waals surface area contributed by atoms with Crippen LogP contribution in [0.2, 0.25) is 5.02 Å². The highest BCUT2D eigenvalue weighted by atomic mass is 35.5. The minimum atomic E-state index is -0.485. The zero-order chi connectivity index (χ0) is 36.9. The molecule has 4 fully saturated rings. The summed E-state index contributed by atoms with van der Waals surface area (Å²) in [5, 5.41) is 21.2. The van der Waals surface area contributed by atoms with Gasteiger partial charge in [0, 0.05) is 30.8 Å². The Morgan fingerprint density at radius 3 is 2.35 bits per heavy atom. The molecule has 5 aliphatic carbocycles. The second-order valence-corrected chi connectivity index (χ2v) is 20.7. The first-order valence-electron chi connectivity index (χ1n) is 19.2. The van der Waals surface area contributed by atoms with Gasteiger partial charge in [0.1, 0.15) is 11.1 Å². The number of Topliss-reactive ketones (excluding diaryl/α,β-unsaturated/α-hetero) is 1. The van der Waals surface area contributed by atoms with Gasteiger partial charge in [0.15, 0.2) is 16.6 Å². The summed E-state index contributed by atoms with van der Waals surface area (Å²) in [7, 11) is 0. The molecule has 2 heterocycles. The standard InChI is InChI=1S/C41H57ClN4O4S/c1-23(2)31-26(48)18-41(35-46-45-34(51-35)33-43-20-24(42)21-44-33)17-16-39(8)25(32(31)41)10-11-28-38(7)14-13-29(50-30(49)19-36(3,4)22-47)37(5,6)27(38)12-15-40(28,39)9/h20-21,23,25,27-29,47H,10-19,22H2,1-9H3/t25-,27+,28?,29+,38+,39-,40-,41-/m1/s1. The molecule has 1 unspecified atom stereocenters. The largest absolute Gasteiger partial charge is 0.462 e. The second kappa shape index (κ2) is 12.4. The van der Waals surface area contributed by atoms with Crippen LogP contribution in [-0.2, 0) is 19.7 Å². The summed E-state index contributed by atoms with van der Waals surface area (Å²) in [6.45, 7) is 20.6. The SMILES string of the molecule is CC(C)C1=C2[C@H]3CCC4[C@@]5(C)CC[C@H](OC(=O)CC(C)(C)CO)C(C)(C)[C@@H]5CC[C@@]4(C)[C@]3(C)CC[C@@]2(c2nnc(-c3ncc(Cl)cn3)s2)CC1=O. The molecule has 0 spiro atoms. The quantitative estimate of drug-likeness (QED) is 0.280. The van der Waals surface area contributed by atoms with E-state index in [2.05, 4.69) is 63.5 Å². The van der Waals surface area contributed by atoms with Crippen molar-refractivity contribution in [3.05, 3.63) is 33.6 Å². The molecule has 1 N–H and O–H groups in total. The zero-order valence-electron chi connectivity index (χ0n) is 32.1. The predicted molar refractivity (Wildman–Crippen MR) is 200 cm³/mol. The third-order valence-corrected chi connectivity index (χ3v) is 16.7. The molecule has 7 rings (SSSR count). The number of esters is 1. The number of rotatable bonds is 7. The van der Waals surface area contributed by atoms with Gasteiger partial charge in [0.25, 0.3) is 0 Å². The maximum absolute atomic E-state index is 14.1. The molecule has 10 heteroatoms. The number of fused-ring (bicyclic) bond motifs is 7. The maximum atomic E-state index is 14.1. The monoisotopic (exact) mass is 736 g/mol. The van der Waals surface area contributed by atoms with Crippen LogP contribution in [0.3, 0.4) is 0 Å². The summed E-state index contributed by atoms with van der Waals surface area (Å²) in [5.74, 6) is 2.02. The van der Waals surface area contributed by atoms with Crippen molar-refractivity contribution in [3.63, 3.8) is 0 Å². The average molecular weight is 737 g/mol. The van der Waals surface area contributed by atoms with Gasteiger partial charge in [-0.15, -0.1) is 10.2 Å². The number of ketones is 1. The summed E-state index contributed by atoms with van der Waals surface area (Å²) in [4.78, 5) is 36.1. The molecule has 8 atom stereocenters. The van der Waals surface area contributed by atoms with E-state index in [1.54, 1.807) is 12.4 Å². The highest BCUT2D eigenvalue weighted by Crippen LogP contribution is 2.77. The number of halogens is 1. The molecule has 0 amide bonds. The molecule has 0 saturated heterocycles. The molecule has 0 bridgehead atoms. The Kier molecular flexibility index (Phi) is 9.03. The Hall–Kier alpha value is -2.23. The normalized spacial score (nSPS) is 37.5. The Balaban J connectivity index is 1.21. The van der Waals surface area contributed by atoms with Crippen molar-refractivity contribution in [3.8, 4) is 10.8 Å². The van der Waals surface area contributed by atoms with Crippen molar-refractivity contribution >= 4 is 34.7 Å². The fourth-order valence-corrected chi connectivity index (χ4v) is 13.8. The van der Waals surface area contributed by atoms with E-state index in [0.717, 1.165) is 61.9 Å². The summed E-state index contributed by atoms with van der Waals surface area (Å²) in [6, 6.07) is 0. The van der Waals surface area contributed by atoms with Crippen LogP contribution in [0.25, 0.3) is 10.8 Å². The Labute approximate surface area is 313 Å². The van der Waals surface area contributed by atoms with E-state index in [0.29, 0.717) is 40.0 Å². The van der Waals surface area contributed by atoms with Crippen molar-refractivity contribution in [1.29, 1.82) is 0 Å². The van der Waals surface area contributed by atoms with Crippen LogP contribution >= 0.6 is 22.9 Å². The highest BCUT2D eigenvalue weighted by Gasteiger charge is 2.70. The van der Waals surface area contributed by atoms with Gasteiger partial charge in [0.2, 0.25) is 0 Å². The summed E-state index contributed by atoms with van der Waals surface area (Å²) < 4.78 is 6.27. The van der Waals surface area contributed by atoms with Crippen LogP contribution in [0.1, 0.15) is 132 Å². The number of aromatic nitrogens is 4. The lowest BCUT2D eigenvalue weighted by Crippen LogP contribution is -2.66. The van der Waals surface area contributed by atoms with Crippen molar-refractivity contribution < 1.29 is 19.4 Å². The van der Waals surface area contributed by atoms with E-state index in [1.165, 1.54) is 16.9 Å². The molecule has 0 radical (unpaired) electrons. The number of hydrogen-bond donors (Lipinski definition) is 1. The average Bonchev–Trinajstić information content (AvgIpc) is 3.66. The van der Waals surface area contributed by atoms with Gasteiger partial charge in [-0.05, 0) is 108 Å². The molecule has 2 aromatic heterocycles. The minimum absolute atomic E-state index is 0.0314. The van der Waals surface area contributed by atoms with Crippen LogP contribution < -0.4 is 0 Å². The van der Waals surface area contributed by atoms with Crippen LogP contribution in [0.15, 0.2) is 23.5 Å². The zero-order valence-corrected chi connectivity index (χ0v) is 33.6. The Bertz CT molecular complexity index is 1750. The van der Waals surface area contributed by atoms with E-state index >= 15 is 0 Å². The van der Waals surface area contributed by atoms with Gasteiger partial charge in [-0.25, -0.2) is 9.97 Å². The van der Waals surface area contributed by atoms with Gasteiger partial charge in [-0.1, -0.05) is 85.3 Å². The molecular weight excluding hydrogens is 680 g/mol. The molecule has 51 heavy (non-hydrogen) atoms. The number of carbonyl (C=O) groups excluding carboxylic acids is 2. The molecule has 5 aliphatic rings. The fourth-order valence-electron chi connectivity index (χ4n) is 12.6. The topological polar surface area (TPSA) is 115 Å². The first-order valence-corrected chi connectivity index (χ1v) is 20.4. The molecule has 0 aromatic carbocycles. The fraction of sp³-hybridized carbons (Fsp3) is 0.756. The van der Waals surface area contributed by atoms with Crippen molar-refractivity contribution in [2.45, 2.75) is 138 Å². The lowest BCUT2D eigenvalue weighted by molar-refractivity contribution is -0.232.